The zero-order valence-corrected chi connectivity index (χ0v) is 18.1. The van der Waals surface area contributed by atoms with Gasteiger partial charge in [0.25, 0.3) is 0 Å². The normalized spacial score (nSPS) is 10.9. The van der Waals surface area contributed by atoms with E-state index in [1.807, 2.05) is 17.6 Å². The minimum atomic E-state index is -0.388. The number of hydrogen-bond donors (Lipinski definition) is 1. The molecular weight excluding hydrogens is 435 g/mol. The van der Waals surface area contributed by atoms with Crippen LogP contribution in [0.1, 0.15) is 24.2 Å². The van der Waals surface area contributed by atoms with Gasteiger partial charge in [0.05, 0.1) is 39.0 Å². The molecule has 7 nitrogen and oxygen atoms in total. The predicted octanol–water partition coefficient (Wildman–Crippen LogP) is 4.67. The van der Waals surface area contributed by atoms with Crippen molar-refractivity contribution in [3.8, 4) is 0 Å². The standard InChI is InChI=1S/C19H18Cl2N4O3S/c1-3-25-15-6-5-11(18(27)28-4-2)7-14(15)23-19(25)29-10-16(26)24-17-13(21)8-12(20)9-22-17/h5-9H,3-4,10H2,1-2H3,(H,22,24,26). The lowest BCUT2D eigenvalue weighted by molar-refractivity contribution is -0.113. The monoisotopic (exact) mass is 452 g/mol. The average Bonchev–Trinajstić information content (AvgIpc) is 3.05. The fourth-order valence-electron chi connectivity index (χ4n) is 2.67. The van der Waals surface area contributed by atoms with E-state index in [1.165, 1.54) is 24.0 Å². The highest BCUT2D eigenvalue weighted by molar-refractivity contribution is 7.99. The molecule has 0 saturated carbocycles. The summed E-state index contributed by atoms with van der Waals surface area (Å²) in [5.74, 6) is -0.283. The smallest absolute Gasteiger partial charge is 0.338 e. The minimum absolute atomic E-state index is 0.120. The number of anilines is 1. The Labute approximate surface area is 181 Å². The van der Waals surface area contributed by atoms with Gasteiger partial charge in [-0.1, -0.05) is 35.0 Å². The van der Waals surface area contributed by atoms with E-state index < -0.39 is 0 Å². The van der Waals surface area contributed by atoms with Crippen molar-refractivity contribution in [2.24, 2.45) is 0 Å². The Morgan fingerprint density at radius 2 is 2.03 bits per heavy atom. The van der Waals surface area contributed by atoms with Crippen LogP contribution in [0.2, 0.25) is 10.0 Å². The number of aromatic nitrogens is 3. The first-order valence-corrected chi connectivity index (χ1v) is 10.6. The Kier molecular flexibility index (Phi) is 7.00. The summed E-state index contributed by atoms with van der Waals surface area (Å²) in [7, 11) is 0. The number of imidazole rings is 1. The number of aryl methyl sites for hydroxylation is 1. The van der Waals surface area contributed by atoms with Crippen LogP contribution in [-0.4, -0.2) is 38.8 Å². The summed E-state index contributed by atoms with van der Waals surface area (Å²) in [6, 6.07) is 6.75. The first kappa shape index (κ1) is 21.4. The van der Waals surface area contributed by atoms with Crippen molar-refractivity contribution in [2.75, 3.05) is 17.7 Å². The van der Waals surface area contributed by atoms with Crippen molar-refractivity contribution in [1.82, 2.24) is 14.5 Å². The number of carbonyl (C=O) groups excluding carboxylic acids is 2. The molecule has 0 atom stereocenters. The first-order valence-electron chi connectivity index (χ1n) is 8.84. The van der Waals surface area contributed by atoms with E-state index in [9.17, 15) is 9.59 Å². The highest BCUT2D eigenvalue weighted by Gasteiger charge is 2.15. The summed E-state index contributed by atoms with van der Waals surface area (Å²) in [4.78, 5) is 32.8. The fourth-order valence-corrected chi connectivity index (χ4v) is 3.98. The quantitative estimate of drug-likeness (QED) is 0.414. The first-order chi connectivity index (χ1) is 13.9. The largest absolute Gasteiger partial charge is 0.462 e. The molecule has 3 rings (SSSR count). The van der Waals surface area contributed by atoms with Crippen LogP contribution >= 0.6 is 35.0 Å². The molecule has 1 aromatic carbocycles. The van der Waals surface area contributed by atoms with E-state index in [-0.39, 0.29) is 28.5 Å². The highest BCUT2D eigenvalue weighted by atomic mass is 35.5. The molecule has 0 radical (unpaired) electrons. The van der Waals surface area contributed by atoms with Crippen molar-refractivity contribution >= 4 is 63.7 Å². The number of nitrogens with zero attached hydrogens (tertiary/aromatic N) is 3. The van der Waals surface area contributed by atoms with Gasteiger partial charge in [-0.3, -0.25) is 4.79 Å². The molecule has 10 heteroatoms. The summed E-state index contributed by atoms with van der Waals surface area (Å²) in [5.41, 5.74) is 1.99. The molecule has 29 heavy (non-hydrogen) atoms. The number of esters is 1. The van der Waals surface area contributed by atoms with Crippen molar-refractivity contribution in [2.45, 2.75) is 25.5 Å². The number of rotatable bonds is 7. The van der Waals surface area contributed by atoms with Gasteiger partial charge in [0.2, 0.25) is 5.91 Å². The Morgan fingerprint density at radius 3 is 2.72 bits per heavy atom. The summed E-state index contributed by atoms with van der Waals surface area (Å²) >= 11 is 13.1. The van der Waals surface area contributed by atoms with Crippen LogP contribution < -0.4 is 5.32 Å². The predicted molar refractivity (Wildman–Crippen MR) is 115 cm³/mol. The number of hydrogen-bond acceptors (Lipinski definition) is 6. The van der Waals surface area contributed by atoms with Gasteiger partial charge in [0.1, 0.15) is 0 Å². The maximum Gasteiger partial charge on any atom is 0.338 e. The van der Waals surface area contributed by atoms with Gasteiger partial charge in [-0.15, -0.1) is 0 Å². The number of amides is 1. The molecule has 0 unspecified atom stereocenters. The number of fused-ring (bicyclic) bond motifs is 1. The van der Waals surface area contributed by atoms with E-state index in [1.54, 1.807) is 19.1 Å². The molecule has 152 valence electrons. The molecule has 0 aliphatic rings. The second-order valence-corrected chi connectivity index (χ2v) is 7.67. The zero-order chi connectivity index (χ0) is 21.0. The van der Waals surface area contributed by atoms with Crippen LogP contribution in [0.4, 0.5) is 5.82 Å². The van der Waals surface area contributed by atoms with Crippen LogP contribution in [0.5, 0.6) is 0 Å². The van der Waals surface area contributed by atoms with Gasteiger partial charge in [0.15, 0.2) is 11.0 Å². The van der Waals surface area contributed by atoms with Crippen molar-refractivity contribution in [1.29, 1.82) is 0 Å². The molecule has 0 aliphatic carbocycles. The van der Waals surface area contributed by atoms with E-state index >= 15 is 0 Å². The lowest BCUT2D eigenvalue weighted by atomic mass is 10.2. The zero-order valence-electron chi connectivity index (χ0n) is 15.7. The number of pyridine rings is 1. The Bertz CT molecular complexity index is 1070. The molecule has 3 aromatic rings. The summed E-state index contributed by atoms with van der Waals surface area (Å²) in [5, 5.41) is 3.99. The van der Waals surface area contributed by atoms with Crippen LogP contribution in [0, 0.1) is 0 Å². The van der Waals surface area contributed by atoms with Crippen LogP contribution in [0.3, 0.4) is 0 Å². The number of ether oxygens (including phenoxy) is 1. The van der Waals surface area contributed by atoms with E-state index in [0.717, 1.165) is 5.52 Å². The van der Waals surface area contributed by atoms with Crippen LogP contribution in [-0.2, 0) is 16.1 Å². The van der Waals surface area contributed by atoms with Crippen LogP contribution in [0.15, 0.2) is 35.6 Å². The van der Waals surface area contributed by atoms with Gasteiger partial charge < -0.3 is 14.6 Å². The van der Waals surface area contributed by atoms with E-state index in [2.05, 4.69) is 15.3 Å². The fraction of sp³-hybridized carbons (Fsp3) is 0.263. The van der Waals surface area contributed by atoms with Crippen molar-refractivity contribution in [3.05, 3.63) is 46.1 Å². The van der Waals surface area contributed by atoms with Crippen LogP contribution in [0.25, 0.3) is 11.0 Å². The van der Waals surface area contributed by atoms with Crippen molar-refractivity contribution < 1.29 is 14.3 Å². The minimum Gasteiger partial charge on any atom is -0.462 e. The second-order valence-electron chi connectivity index (χ2n) is 5.88. The summed E-state index contributed by atoms with van der Waals surface area (Å²) in [6.45, 7) is 4.73. The van der Waals surface area contributed by atoms with Gasteiger partial charge in [-0.05, 0) is 38.1 Å². The lowest BCUT2D eigenvalue weighted by Gasteiger charge is -2.07. The van der Waals surface area contributed by atoms with E-state index in [0.29, 0.717) is 34.4 Å². The molecule has 0 saturated heterocycles. The number of nitrogens with one attached hydrogen (secondary N) is 1. The molecule has 0 bridgehead atoms. The Morgan fingerprint density at radius 1 is 1.24 bits per heavy atom. The third kappa shape index (κ3) is 5.01. The van der Waals surface area contributed by atoms with E-state index in [4.69, 9.17) is 27.9 Å². The van der Waals surface area contributed by atoms with Gasteiger partial charge in [-0.25, -0.2) is 14.8 Å². The molecule has 2 aromatic heterocycles. The Balaban J connectivity index is 1.75. The second kappa shape index (κ2) is 9.47. The maximum atomic E-state index is 12.3. The number of benzene rings is 1. The molecule has 0 aliphatic heterocycles. The molecular formula is C19H18Cl2N4O3S. The molecule has 0 spiro atoms. The number of thioether (sulfide) groups is 1. The lowest BCUT2D eigenvalue weighted by Crippen LogP contribution is -2.15. The SMILES string of the molecule is CCOC(=O)c1ccc2c(c1)nc(SCC(=O)Nc1ncc(Cl)cc1Cl)n2CC. The highest BCUT2D eigenvalue weighted by Crippen LogP contribution is 2.26. The summed E-state index contributed by atoms with van der Waals surface area (Å²) in [6.07, 6.45) is 1.41. The maximum absolute atomic E-state index is 12.3. The molecule has 1 amide bonds. The third-order valence-corrected chi connectivity index (χ3v) is 5.41. The average molecular weight is 453 g/mol. The Hall–Kier alpha value is -2.29. The summed E-state index contributed by atoms with van der Waals surface area (Å²) < 4.78 is 7.02. The third-order valence-electron chi connectivity index (χ3n) is 3.94. The molecule has 2 heterocycles. The number of carbonyl (C=O) groups is 2. The van der Waals surface area contributed by atoms with Crippen molar-refractivity contribution in [3.63, 3.8) is 0 Å². The van der Waals surface area contributed by atoms with Gasteiger partial charge in [-0.2, -0.15) is 0 Å². The number of halogens is 2. The topological polar surface area (TPSA) is 86.1 Å². The molecule has 0 fully saturated rings. The molecule has 1 N–H and O–H groups in total. The van der Waals surface area contributed by atoms with Gasteiger partial charge >= 0.3 is 5.97 Å². The van der Waals surface area contributed by atoms with Gasteiger partial charge in [0, 0.05) is 12.7 Å².